The summed E-state index contributed by atoms with van der Waals surface area (Å²) in [7, 11) is 0. The number of aryl methyl sites for hydroxylation is 1. The van der Waals surface area contributed by atoms with Gasteiger partial charge in [0.05, 0.1) is 5.60 Å². The lowest BCUT2D eigenvalue weighted by molar-refractivity contribution is 0.0401. The molecule has 15 heavy (non-hydrogen) atoms. The molecular weight excluding hydrogens is 252 g/mol. The van der Waals surface area contributed by atoms with Gasteiger partial charge in [-0.15, -0.1) is 0 Å². The normalized spacial score (nSPS) is 30.8. The van der Waals surface area contributed by atoms with Crippen LogP contribution in [-0.2, 0) is 5.60 Å². The van der Waals surface area contributed by atoms with Gasteiger partial charge in [0.25, 0.3) is 0 Å². The van der Waals surface area contributed by atoms with E-state index in [0.29, 0.717) is 5.92 Å². The van der Waals surface area contributed by atoms with E-state index < -0.39 is 5.60 Å². The molecule has 1 nitrogen and oxygen atoms in total. The molecule has 2 atom stereocenters. The van der Waals surface area contributed by atoms with Crippen molar-refractivity contribution in [1.82, 2.24) is 0 Å². The van der Waals surface area contributed by atoms with Crippen molar-refractivity contribution in [1.29, 1.82) is 0 Å². The highest BCUT2D eigenvalue weighted by Crippen LogP contribution is 2.43. The molecule has 82 valence electrons. The molecule has 0 aromatic heterocycles. The molecule has 0 amide bonds. The van der Waals surface area contributed by atoms with Crippen molar-refractivity contribution in [3.05, 3.63) is 33.8 Å². The van der Waals surface area contributed by atoms with Gasteiger partial charge >= 0.3 is 0 Å². The van der Waals surface area contributed by atoms with Crippen molar-refractivity contribution < 1.29 is 5.11 Å². The Labute approximate surface area is 99.6 Å². The lowest BCUT2D eigenvalue weighted by Crippen LogP contribution is -2.22. The number of rotatable bonds is 1. The van der Waals surface area contributed by atoms with E-state index in [1.807, 2.05) is 6.07 Å². The molecule has 1 fully saturated rings. The summed E-state index contributed by atoms with van der Waals surface area (Å²) in [6.45, 7) is 4.28. The van der Waals surface area contributed by atoms with Crippen molar-refractivity contribution in [3.63, 3.8) is 0 Å². The number of benzene rings is 1. The van der Waals surface area contributed by atoms with Gasteiger partial charge in [-0.2, -0.15) is 0 Å². The van der Waals surface area contributed by atoms with E-state index in [4.69, 9.17) is 0 Å². The van der Waals surface area contributed by atoms with Crippen LogP contribution in [0.25, 0.3) is 0 Å². The Hall–Kier alpha value is -0.340. The lowest BCUT2D eigenvalue weighted by Gasteiger charge is -2.25. The van der Waals surface area contributed by atoms with Crippen molar-refractivity contribution in [2.24, 2.45) is 5.92 Å². The van der Waals surface area contributed by atoms with Gasteiger partial charge < -0.3 is 5.11 Å². The minimum absolute atomic E-state index is 0.579. The fourth-order valence-electron chi connectivity index (χ4n) is 2.66. The van der Waals surface area contributed by atoms with Crippen LogP contribution in [0.1, 0.15) is 37.3 Å². The molecule has 2 heteroatoms. The summed E-state index contributed by atoms with van der Waals surface area (Å²) in [6.07, 6.45) is 2.93. The standard InChI is InChI=1S/C13H17BrO/c1-9-5-6-13(15,8-9)12-4-3-11(14)7-10(12)2/h3-4,7,9,15H,5-6,8H2,1-2H3/t9-,13-/m1/s1. The van der Waals surface area contributed by atoms with Crippen LogP contribution in [-0.4, -0.2) is 5.11 Å². The summed E-state index contributed by atoms with van der Waals surface area (Å²) < 4.78 is 1.08. The highest BCUT2D eigenvalue weighted by Gasteiger charge is 2.37. The highest BCUT2D eigenvalue weighted by atomic mass is 79.9. The number of aliphatic hydroxyl groups is 1. The third-order valence-electron chi connectivity index (χ3n) is 3.43. The van der Waals surface area contributed by atoms with Gasteiger partial charge in [0.2, 0.25) is 0 Å². The molecule has 0 radical (unpaired) electrons. The molecule has 0 bridgehead atoms. The first kappa shape index (κ1) is 11.2. The molecule has 1 N–H and O–H groups in total. The minimum atomic E-state index is -0.579. The van der Waals surface area contributed by atoms with Gasteiger partial charge in [-0.05, 0) is 55.4 Å². The number of halogens is 1. The second-order valence-corrected chi connectivity index (χ2v) is 5.75. The SMILES string of the molecule is Cc1cc(Br)ccc1[C@@]1(O)CC[C@@H](C)C1. The van der Waals surface area contributed by atoms with Crippen LogP contribution in [0.5, 0.6) is 0 Å². The average molecular weight is 269 g/mol. The number of hydrogen-bond donors (Lipinski definition) is 1. The second kappa shape index (κ2) is 3.91. The van der Waals surface area contributed by atoms with Gasteiger partial charge in [-0.3, -0.25) is 0 Å². The Morgan fingerprint density at radius 3 is 2.73 bits per heavy atom. The fourth-order valence-corrected chi connectivity index (χ4v) is 3.14. The van der Waals surface area contributed by atoms with Crippen LogP contribution in [0.4, 0.5) is 0 Å². The zero-order chi connectivity index (χ0) is 11.1. The second-order valence-electron chi connectivity index (χ2n) is 4.84. The van der Waals surface area contributed by atoms with E-state index in [1.54, 1.807) is 0 Å². The van der Waals surface area contributed by atoms with Crippen LogP contribution in [0.3, 0.4) is 0 Å². The summed E-state index contributed by atoms with van der Waals surface area (Å²) in [6, 6.07) is 6.15. The predicted molar refractivity (Wildman–Crippen MR) is 65.8 cm³/mol. The molecule has 2 rings (SSSR count). The Balaban J connectivity index is 2.37. The largest absolute Gasteiger partial charge is 0.385 e. The summed E-state index contributed by atoms with van der Waals surface area (Å²) in [5.41, 5.74) is 1.71. The first-order valence-corrected chi connectivity index (χ1v) is 6.29. The molecule has 1 saturated carbocycles. The van der Waals surface area contributed by atoms with Crippen molar-refractivity contribution in [2.45, 2.75) is 38.7 Å². The predicted octanol–water partition coefficient (Wildman–Crippen LogP) is 3.77. The maximum atomic E-state index is 10.6. The topological polar surface area (TPSA) is 20.2 Å². The van der Waals surface area contributed by atoms with Crippen LogP contribution >= 0.6 is 15.9 Å². The van der Waals surface area contributed by atoms with Gasteiger partial charge in [0, 0.05) is 4.47 Å². The summed E-state index contributed by atoms with van der Waals surface area (Å²) in [5, 5.41) is 10.6. The van der Waals surface area contributed by atoms with Gasteiger partial charge in [0.15, 0.2) is 0 Å². The van der Waals surface area contributed by atoms with E-state index in [9.17, 15) is 5.11 Å². The highest BCUT2D eigenvalue weighted by molar-refractivity contribution is 9.10. The van der Waals surface area contributed by atoms with Gasteiger partial charge in [-0.1, -0.05) is 28.9 Å². The zero-order valence-electron chi connectivity index (χ0n) is 9.26. The Bertz CT molecular complexity index is 375. The molecule has 0 spiro atoms. The molecule has 0 saturated heterocycles. The third kappa shape index (κ3) is 2.11. The van der Waals surface area contributed by atoms with Crippen LogP contribution in [0.15, 0.2) is 22.7 Å². The van der Waals surface area contributed by atoms with Crippen molar-refractivity contribution >= 4 is 15.9 Å². The minimum Gasteiger partial charge on any atom is -0.385 e. The molecule has 0 unspecified atom stereocenters. The Kier molecular flexibility index (Phi) is 2.91. The van der Waals surface area contributed by atoms with Crippen LogP contribution in [0, 0.1) is 12.8 Å². The smallest absolute Gasteiger partial charge is 0.0901 e. The molecule has 1 aliphatic carbocycles. The molecule has 0 heterocycles. The van der Waals surface area contributed by atoms with Crippen LogP contribution in [0.2, 0.25) is 0 Å². The Morgan fingerprint density at radius 2 is 2.20 bits per heavy atom. The van der Waals surface area contributed by atoms with E-state index in [0.717, 1.165) is 29.3 Å². The van der Waals surface area contributed by atoms with E-state index >= 15 is 0 Å². The summed E-state index contributed by atoms with van der Waals surface area (Å²) in [5.74, 6) is 0.637. The average Bonchev–Trinajstić information content (AvgIpc) is 2.46. The van der Waals surface area contributed by atoms with E-state index in [2.05, 4.69) is 41.9 Å². The van der Waals surface area contributed by atoms with Gasteiger partial charge in [0.1, 0.15) is 0 Å². The fraction of sp³-hybridized carbons (Fsp3) is 0.538. The molecular formula is C13H17BrO. The summed E-state index contributed by atoms with van der Waals surface area (Å²) >= 11 is 3.45. The molecule has 1 aromatic rings. The Morgan fingerprint density at radius 1 is 1.47 bits per heavy atom. The van der Waals surface area contributed by atoms with Crippen LogP contribution < -0.4 is 0 Å². The van der Waals surface area contributed by atoms with Crippen molar-refractivity contribution in [2.75, 3.05) is 0 Å². The summed E-state index contributed by atoms with van der Waals surface area (Å²) in [4.78, 5) is 0. The van der Waals surface area contributed by atoms with E-state index in [-0.39, 0.29) is 0 Å². The number of hydrogen-bond acceptors (Lipinski definition) is 1. The zero-order valence-corrected chi connectivity index (χ0v) is 10.8. The molecule has 1 aliphatic rings. The first-order chi connectivity index (χ1) is 7.01. The monoisotopic (exact) mass is 268 g/mol. The molecule has 1 aromatic carbocycles. The quantitative estimate of drug-likeness (QED) is 0.822. The maximum absolute atomic E-state index is 10.6. The first-order valence-electron chi connectivity index (χ1n) is 5.50. The van der Waals surface area contributed by atoms with E-state index in [1.165, 1.54) is 5.56 Å². The maximum Gasteiger partial charge on any atom is 0.0901 e. The third-order valence-corrected chi connectivity index (χ3v) is 3.92. The van der Waals surface area contributed by atoms with Crippen molar-refractivity contribution in [3.8, 4) is 0 Å². The lowest BCUT2D eigenvalue weighted by atomic mass is 9.88. The molecule has 0 aliphatic heterocycles. The van der Waals surface area contributed by atoms with Gasteiger partial charge in [-0.25, -0.2) is 0 Å².